The molecule has 0 bridgehead atoms. The standard InChI is InChI=1S/C16H17N5O2/c1-11-9-13(12(2)23-11)16(22)20-6-8-21-7-5-19-15(21)14-10-17-3-4-18-14/h3-5,7,9-10H,6,8H2,1-2H3,(H,20,22). The summed E-state index contributed by atoms with van der Waals surface area (Å²) in [5, 5.41) is 2.89. The number of hydrogen-bond acceptors (Lipinski definition) is 5. The first kappa shape index (κ1) is 15.0. The first-order chi connectivity index (χ1) is 11.1. The van der Waals surface area contributed by atoms with Crippen LogP contribution in [0.25, 0.3) is 11.5 Å². The maximum absolute atomic E-state index is 12.1. The van der Waals surface area contributed by atoms with Crippen LogP contribution in [0, 0.1) is 13.8 Å². The Morgan fingerprint density at radius 2 is 2.13 bits per heavy atom. The Bertz CT molecular complexity index is 807. The molecule has 7 nitrogen and oxygen atoms in total. The molecule has 0 radical (unpaired) electrons. The minimum absolute atomic E-state index is 0.138. The van der Waals surface area contributed by atoms with Crippen molar-refractivity contribution in [1.82, 2.24) is 24.8 Å². The van der Waals surface area contributed by atoms with Gasteiger partial charge in [-0.05, 0) is 19.9 Å². The van der Waals surface area contributed by atoms with Crippen molar-refractivity contribution in [2.24, 2.45) is 0 Å². The van der Waals surface area contributed by atoms with Gasteiger partial charge >= 0.3 is 0 Å². The molecule has 1 amide bonds. The second-order valence-electron chi connectivity index (χ2n) is 5.12. The maximum Gasteiger partial charge on any atom is 0.254 e. The van der Waals surface area contributed by atoms with Crippen LogP contribution in [0.15, 0.2) is 41.5 Å². The van der Waals surface area contributed by atoms with Gasteiger partial charge in [0, 0.05) is 37.9 Å². The lowest BCUT2D eigenvalue weighted by Gasteiger charge is -2.08. The summed E-state index contributed by atoms with van der Waals surface area (Å²) in [7, 11) is 0. The Morgan fingerprint density at radius 1 is 1.26 bits per heavy atom. The molecule has 3 aromatic heterocycles. The van der Waals surface area contributed by atoms with Crippen LogP contribution in [0.4, 0.5) is 0 Å². The second-order valence-corrected chi connectivity index (χ2v) is 5.12. The van der Waals surface area contributed by atoms with Gasteiger partial charge in [-0.1, -0.05) is 0 Å². The molecule has 1 N–H and O–H groups in total. The lowest BCUT2D eigenvalue weighted by Crippen LogP contribution is -2.27. The zero-order chi connectivity index (χ0) is 16.2. The predicted molar refractivity (Wildman–Crippen MR) is 83.8 cm³/mol. The number of imidazole rings is 1. The molecule has 3 aromatic rings. The van der Waals surface area contributed by atoms with E-state index in [0.717, 1.165) is 11.6 Å². The first-order valence-corrected chi connectivity index (χ1v) is 7.28. The van der Waals surface area contributed by atoms with E-state index in [1.165, 1.54) is 0 Å². The van der Waals surface area contributed by atoms with Gasteiger partial charge in [-0.15, -0.1) is 0 Å². The number of carbonyl (C=O) groups is 1. The van der Waals surface area contributed by atoms with Crippen LogP contribution in [0.1, 0.15) is 21.9 Å². The fourth-order valence-corrected chi connectivity index (χ4v) is 2.38. The predicted octanol–water partition coefficient (Wildman–Crippen LogP) is 1.98. The summed E-state index contributed by atoms with van der Waals surface area (Å²) in [6, 6.07) is 1.74. The summed E-state index contributed by atoms with van der Waals surface area (Å²) in [5.74, 6) is 1.94. The molecule has 118 valence electrons. The molecular weight excluding hydrogens is 294 g/mol. The molecule has 23 heavy (non-hydrogen) atoms. The van der Waals surface area contributed by atoms with Crippen LogP contribution < -0.4 is 5.32 Å². The Hall–Kier alpha value is -2.96. The number of carbonyl (C=O) groups excluding carboxylic acids is 1. The van der Waals surface area contributed by atoms with Crippen LogP contribution in [-0.2, 0) is 6.54 Å². The Morgan fingerprint density at radius 3 is 2.83 bits per heavy atom. The molecule has 0 fully saturated rings. The Kier molecular flexibility index (Phi) is 4.18. The van der Waals surface area contributed by atoms with Crippen LogP contribution in [0.5, 0.6) is 0 Å². The van der Waals surface area contributed by atoms with Crippen molar-refractivity contribution in [3.05, 3.63) is 54.1 Å². The quantitative estimate of drug-likeness (QED) is 0.778. The number of nitrogens with one attached hydrogen (secondary N) is 1. The number of aryl methyl sites for hydroxylation is 2. The average Bonchev–Trinajstić information content (AvgIpc) is 3.14. The number of nitrogens with zero attached hydrogens (tertiary/aromatic N) is 4. The summed E-state index contributed by atoms with van der Waals surface area (Å²) < 4.78 is 7.30. The Labute approximate surface area is 133 Å². The van der Waals surface area contributed by atoms with Gasteiger partial charge in [0.1, 0.15) is 17.2 Å². The molecule has 0 aliphatic heterocycles. The summed E-state index contributed by atoms with van der Waals surface area (Å²) in [6.07, 6.45) is 8.46. The SMILES string of the molecule is Cc1cc(C(=O)NCCn2ccnc2-c2cnccn2)c(C)o1. The highest BCUT2D eigenvalue weighted by Crippen LogP contribution is 2.14. The third kappa shape index (κ3) is 3.28. The molecule has 0 aromatic carbocycles. The molecule has 0 unspecified atom stereocenters. The summed E-state index contributed by atoms with van der Waals surface area (Å²) >= 11 is 0. The van der Waals surface area contributed by atoms with Gasteiger partial charge in [0.25, 0.3) is 5.91 Å². The largest absolute Gasteiger partial charge is 0.466 e. The van der Waals surface area contributed by atoms with Crippen LogP contribution in [0.2, 0.25) is 0 Å². The third-order valence-electron chi connectivity index (χ3n) is 3.43. The van der Waals surface area contributed by atoms with E-state index in [2.05, 4.69) is 20.3 Å². The topological polar surface area (TPSA) is 85.8 Å². The van der Waals surface area contributed by atoms with Gasteiger partial charge in [0.2, 0.25) is 0 Å². The van der Waals surface area contributed by atoms with E-state index in [0.29, 0.717) is 30.1 Å². The zero-order valence-electron chi connectivity index (χ0n) is 13.0. The highest BCUT2D eigenvalue weighted by Gasteiger charge is 2.13. The minimum atomic E-state index is -0.138. The molecule has 0 aliphatic rings. The van der Waals surface area contributed by atoms with Crippen LogP contribution in [0.3, 0.4) is 0 Å². The van der Waals surface area contributed by atoms with E-state index in [4.69, 9.17) is 4.42 Å². The molecule has 0 aliphatic carbocycles. The molecule has 3 rings (SSSR count). The lowest BCUT2D eigenvalue weighted by atomic mass is 10.2. The first-order valence-electron chi connectivity index (χ1n) is 7.28. The van der Waals surface area contributed by atoms with E-state index in [9.17, 15) is 4.79 Å². The van der Waals surface area contributed by atoms with Gasteiger partial charge in [0.05, 0.1) is 11.8 Å². The van der Waals surface area contributed by atoms with Crippen molar-refractivity contribution in [1.29, 1.82) is 0 Å². The highest BCUT2D eigenvalue weighted by atomic mass is 16.3. The van der Waals surface area contributed by atoms with E-state index < -0.39 is 0 Å². The second kappa shape index (κ2) is 6.43. The molecule has 0 atom stereocenters. The van der Waals surface area contributed by atoms with Gasteiger partial charge in [-0.25, -0.2) is 9.97 Å². The van der Waals surface area contributed by atoms with Crippen molar-refractivity contribution in [2.45, 2.75) is 20.4 Å². The molecule has 7 heteroatoms. The zero-order valence-corrected chi connectivity index (χ0v) is 13.0. The number of amides is 1. The summed E-state index contributed by atoms with van der Waals surface area (Å²) in [4.78, 5) is 24.7. The third-order valence-corrected chi connectivity index (χ3v) is 3.43. The number of hydrogen-bond donors (Lipinski definition) is 1. The fourth-order valence-electron chi connectivity index (χ4n) is 2.38. The number of rotatable bonds is 5. The van der Waals surface area contributed by atoms with E-state index in [1.54, 1.807) is 37.8 Å². The van der Waals surface area contributed by atoms with Crippen molar-refractivity contribution in [2.75, 3.05) is 6.54 Å². The van der Waals surface area contributed by atoms with Gasteiger partial charge in [-0.3, -0.25) is 9.78 Å². The number of furan rings is 1. The Balaban J connectivity index is 1.63. The van der Waals surface area contributed by atoms with E-state index in [1.807, 2.05) is 17.7 Å². The number of aromatic nitrogens is 4. The molecule has 3 heterocycles. The van der Waals surface area contributed by atoms with E-state index >= 15 is 0 Å². The van der Waals surface area contributed by atoms with Crippen molar-refractivity contribution in [3.8, 4) is 11.5 Å². The lowest BCUT2D eigenvalue weighted by molar-refractivity contribution is 0.0951. The van der Waals surface area contributed by atoms with Crippen molar-refractivity contribution >= 4 is 5.91 Å². The van der Waals surface area contributed by atoms with Gasteiger partial charge in [-0.2, -0.15) is 0 Å². The van der Waals surface area contributed by atoms with Crippen LogP contribution in [-0.4, -0.2) is 32.0 Å². The summed E-state index contributed by atoms with van der Waals surface area (Å²) in [6.45, 7) is 4.67. The fraction of sp³-hybridized carbons (Fsp3) is 0.250. The van der Waals surface area contributed by atoms with E-state index in [-0.39, 0.29) is 5.91 Å². The highest BCUT2D eigenvalue weighted by molar-refractivity contribution is 5.95. The molecule has 0 spiro atoms. The van der Waals surface area contributed by atoms with Gasteiger partial charge in [0.15, 0.2) is 5.82 Å². The minimum Gasteiger partial charge on any atom is -0.466 e. The molecular formula is C16H17N5O2. The monoisotopic (exact) mass is 311 g/mol. The van der Waals surface area contributed by atoms with Crippen molar-refractivity contribution < 1.29 is 9.21 Å². The molecule has 0 saturated carbocycles. The van der Waals surface area contributed by atoms with Crippen molar-refractivity contribution in [3.63, 3.8) is 0 Å². The molecule has 0 saturated heterocycles. The van der Waals surface area contributed by atoms with Crippen LogP contribution >= 0.6 is 0 Å². The summed E-state index contributed by atoms with van der Waals surface area (Å²) in [5.41, 5.74) is 1.27. The van der Waals surface area contributed by atoms with Gasteiger partial charge < -0.3 is 14.3 Å². The normalized spacial score (nSPS) is 10.7. The maximum atomic E-state index is 12.1. The average molecular weight is 311 g/mol. The smallest absolute Gasteiger partial charge is 0.254 e.